The molecule has 0 atom stereocenters. The molecule has 2 rings (SSSR count). The zero-order valence-electron chi connectivity index (χ0n) is 10.8. The second-order valence-corrected chi connectivity index (χ2v) is 4.16. The highest BCUT2D eigenvalue weighted by atomic mass is 16.6. The van der Waals surface area contributed by atoms with Crippen LogP contribution in [0.25, 0.3) is 0 Å². The van der Waals surface area contributed by atoms with Gasteiger partial charge in [0.1, 0.15) is 6.33 Å². The van der Waals surface area contributed by atoms with Gasteiger partial charge in [0.15, 0.2) is 0 Å². The molecule has 0 amide bonds. The number of hydrogen-bond acceptors (Lipinski definition) is 7. The molecular weight excluding hydrogens is 260 g/mol. The lowest BCUT2D eigenvalue weighted by atomic mass is 10.1. The highest BCUT2D eigenvalue weighted by molar-refractivity contribution is 5.68. The number of aromatic nitrogens is 2. The van der Waals surface area contributed by atoms with Crippen LogP contribution in [0.2, 0.25) is 0 Å². The molecule has 0 aliphatic carbocycles. The Hall–Kier alpha value is -2.74. The fraction of sp³-hybridized carbons (Fsp3) is 0.167. The van der Waals surface area contributed by atoms with E-state index in [4.69, 9.17) is 5.84 Å². The van der Waals surface area contributed by atoms with Crippen LogP contribution in [0.1, 0.15) is 11.1 Å². The van der Waals surface area contributed by atoms with Crippen LogP contribution in [0.15, 0.2) is 30.6 Å². The summed E-state index contributed by atoms with van der Waals surface area (Å²) >= 11 is 0. The molecular formula is C12H14N6O2. The summed E-state index contributed by atoms with van der Waals surface area (Å²) in [5.41, 5.74) is 4.03. The predicted octanol–water partition coefficient (Wildman–Crippen LogP) is 1.59. The fourth-order valence-electron chi connectivity index (χ4n) is 1.79. The van der Waals surface area contributed by atoms with E-state index in [0.717, 1.165) is 11.1 Å². The number of aryl methyl sites for hydroxylation is 1. The van der Waals surface area contributed by atoms with Gasteiger partial charge in [-0.2, -0.15) is 0 Å². The Morgan fingerprint density at radius 2 is 2.10 bits per heavy atom. The summed E-state index contributed by atoms with van der Waals surface area (Å²) in [5, 5.41) is 14.0. The zero-order valence-corrected chi connectivity index (χ0v) is 10.8. The first kappa shape index (κ1) is 13.7. The quantitative estimate of drug-likeness (QED) is 0.430. The maximum atomic E-state index is 11.1. The van der Waals surface area contributed by atoms with Gasteiger partial charge in [-0.1, -0.05) is 29.8 Å². The summed E-state index contributed by atoms with van der Waals surface area (Å²) < 4.78 is 0. The van der Waals surface area contributed by atoms with Crippen LogP contribution >= 0.6 is 0 Å². The van der Waals surface area contributed by atoms with Crippen LogP contribution in [-0.2, 0) is 6.54 Å². The van der Waals surface area contributed by atoms with Crippen LogP contribution in [-0.4, -0.2) is 14.9 Å². The van der Waals surface area contributed by atoms with Gasteiger partial charge in [0, 0.05) is 6.54 Å². The molecule has 0 aliphatic rings. The van der Waals surface area contributed by atoms with E-state index >= 15 is 0 Å². The van der Waals surface area contributed by atoms with Crippen molar-refractivity contribution in [2.24, 2.45) is 5.84 Å². The number of anilines is 2. The van der Waals surface area contributed by atoms with Gasteiger partial charge in [0.2, 0.25) is 11.6 Å². The smallest absolute Gasteiger partial charge is 0.354 e. The summed E-state index contributed by atoms with van der Waals surface area (Å²) in [7, 11) is 0. The molecule has 0 radical (unpaired) electrons. The average Bonchev–Trinajstić information content (AvgIpc) is 2.44. The van der Waals surface area contributed by atoms with E-state index in [1.165, 1.54) is 6.33 Å². The molecule has 2 aromatic rings. The van der Waals surface area contributed by atoms with Gasteiger partial charge in [-0.05, 0) is 12.5 Å². The van der Waals surface area contributed by atoms with Crippen molar-refractivity contribution in [1.82, 2.24) is 9.97 Å². The Balaban J connectivity index is 2.23. The molecule has 8 nitrogen and oxygen atoms in total. The highest BCUT2D eigenvalue weighted by Crippen LogP contribution is 2.28. The van der Waals surface area contributed by atoms with Gasteiger partial charge in [0.05, 0.1) is 4.92 Å². The molecule has 20 heavy (non-hydrogen) atoms. The number of hydrogen-bond donors (Lipinski definition) is 3. The lowest BCUT2D eigenvalue weighted by molar-refractivity contribution is -0.383. The van der Waals surface area contributed by atoms with Crippen molar-refractivity contribution >= 4 is 17.3 Å². The number of nitrogen functional groups attached to an aromatic ring is 1. The topological polar surface area (TPSA) is 119 Å². The molecule has 0 fully saturated rings. The molecule has 0 saturated carbocycles. The summed E-state index contributed by atoms with van der Waals surface area (Å²) in [6, 6.07) is 7.82. The van der Waals surface area contributed by atoms with Gasteiger partial charge < -0.3 is 10.7 Å². The van der Waals surface area contributed by atoms with Crippen LogP contribution < -0.4 is 16.6 Å². The number of benzene rings is 1. The third-order valence-corrected chi connectivity index (χ3v) is 2.68. The van der Waals surface area contributed by atoms with E-state index in [1.807, 2.05) is 31.2 Å². The summed E-state index contributed by atoms with van der Waals surface area (Å²) in [6.07, 6.45) is 1.21. The Bertz CT molecular complexity index is 631. The van der Waals surface area contributed by atoms with Crippen molar-refractivity contribution in [3.05, 3.63) is 51.8 Å². The number of nitrogens with zero attached hydrogens (tertiary/aromatic N) is 3. The van der Waals surface area contributed by atoms with Gasteiger partial charge in [-0.25, -0.2) is 15.8 Å². The Labute approximate surface area is 115 Å². The van der Waals surface area contributed by atoms with Gasteiger partial charge in [-0.15, -0.1) is 0 Å². The van der Waals surface area contributed by atoms with Gasteiger partial charge in [-0.3, -0.25) is 10.1 Å². The molecule has 104 valence electrons. The first-order valence-corrected chi connectivity index (χ1v) is 5.87. The van der Waals surface area contributed by atoms with Gasteiger partial charge >= 0.3 is 5.69 Å². The Morgan fingerprint density at radius 1 is 1.35 bits per heavy atom. The zero-order chi connectivity index (χ0) is 14.5. The molecule has 1 heterocycles. The molecule has 0 bridgehead atoms. The third kappa shape index (κ3) is 2.98. The third-order valence-electron chi connectivity index (χ3n) is 2.68. The summed E-state index contributed by atoms with van der Waals surface area (Å²) in [6.45, 7) is 2.40. The van der Waals surface area contributed by atoms with Crippen LogP contribution in [0, 0.1) is 17.0 Å². The van der Waals surface area contributed by atoms with E-state index in [2.05, 4.69) is 20.7 Å². The predicted molar refractivity (Wildman–Crippen MR) is 75.0 cm³/mol. The standard InChI is InChI=1S/C12H14N6O2/c1-8-3-2-4-9(5-8)6-14-11-10(18(19)20)12(17-13)16-7-15-11/h2-5,7H,6,13H2,1H3,(H2,14,15,16,17). The lowest BCUT2D eigenvalue weighted by Gasteiger charge is -2.08. The second kappa shape index (κ2) is 5.93. The van der Waals surface area contributed by atoms with Crippen LogP contribution in [0.3, 0.4) is 0 Å². The largest absolute Gasteiger partial charge is 0.360 e. The Kier molecular flexibility index (Phi) is 4.06. The highest BCUT2D eigenvalue weighted by Gasteiger charge is 2.21. The van der Waals surface area contributed by atoms with E-state index < -0.39 is 4.92 Å². The molecule has 4 N–H and O–H groups in total. The van der Waals surface area contributed by atoms with E-state index in [-0.39, 0.29) is 17.3 Å². The molecule has 0 unspecified atom stereocenters. The minimum atomic E-state index is -0.576. The van der Waals surface area contributed by atoms with Crippen molar-refractivity contribution in [1.29, 1.82) is 0 Å². The monoisotopic (exact) mass is 274 g/mol. The normalized spacial score (nSPS) is 10.1. The minimum absolute atomic E-state index is 0.0308. The van der Waals surface area contributed by atoms with Crippen molar-refractivity contribution in [3.63, 3.8) is 0 Å². The first-order valence-electron chi connectivity index (χ1n) is 5.87. The van der Waals surface area contributed by atoms with Crippen LogP contribution in [0.4, 0.5) is 17.3 Å². The molecule has 0 saturated heterocycles. The number of nitro groups is 1. The van der Waals surface area contributed by atoms with E-state index in [1.54, 1.807) is 0 Å². The maximum Gasteiger partial charge on any atom is 0.354 e. The minimum Gasteiger partial charge on any atom is -0.360 e. The SMILES string of the molecule is Cc1cccc(CNc2ncnc(NN)c2[N+](=O)[O-])c1. The molecule has 1 aromatic heterocycles. The average molecular weight is 274 g/mol. The number of nitrogens with two attached hydrogens (primary N) is 1. The van der Waals surface area contributed by atoms with Crippen LogP contribution in [0.5, 0.6) is 0 Å². The van der Waals surface area contributed by atoms with E-state index in [0.29, 0.717) is 6.54 Å². The summed E-state index contributed by atoms with van der Waals surface area (Å²) in [5.74, 6) is 5.31. The molecule has 8 heteroatoms. The summed E-state index contributed by atoms with van der Waals surface area (Å²) in [4.78, 5) is 18.1. The molecule has 0 spiro atoms. The number of nitrogens with one attached hydrogen (secondary N) is 2. The van der Waals surface area contributed by atoms with Crippen molar-refractivity contribution < 1.29 is 4.92 Å². The second-order valence-electron chi connectivity index (χ2n) is 4.16. The number of hydrazine groups is 1. The molecule has 1 aromatic carbocycles. The maximum absolute atomic E-state index is 11.1. The van der Waals surface area contributed by atoms with Crippen molar-refractivity contribution in [2.45, 2.75) is 13.5 Å². The number of rotatable bonds is 5. The van der Waals surface area contributed by atoms with Crippen molar-refractivity contribution in [3.8, 4) is 0 Å². The Morgan fingerprint density at radius 3 is 2.75 bits per heavy atom. The van der Waals surface area contributed by atoms with Gasteiger partial charge in [0.25, 0.3) is 0 Å². The van der Waals surface area contributed by atoms with Crippen molar-refractivity contribution in [2.75, 3.05) is 10.7 Å². The fourth-order valence-corrected chi connectivity index (χ4v) is 1.79. The lowest BCUT2D eigenvalue weighted by Crippen LogP contribution is -2.13. The first-order chi connectivity index (χ1) is 9.61. The molecule has 0 aliphatic heterocycles. The van der Waals surface area contributed by atoms with E-state index in [9.17, 15) is 10.1 Å².